The van der Waals surface area contributed by atoms with E-state index in [9.17, 15) is 4.79 Å². The Morgan fingerprint density at radius 2 is 1.95 bits per heavy atom. The SMILES string of the molecule is Cc1ccc(CNC(=O)CSc2nccc(C)n2)cc1. The van der Waals surface area contributed by atoms with Gasteiger partial charge in [-0.1, -0.05) is 41.6 Å². The zero-order chi connectivity index (χ0) is 14.4. The maximum absolute atomic E-state index is 11.8. The van der Waals surface area contributed by atoms with Crippen LogP contribution < -0.4 is 5.32 Å². The molecule has 1 N–H and O–H groups in total. The van der Waals surface area contributed by atoms with Crippen molar-refractivity contribution in [1.82, 2.24) is 15.3 Å². The van der Waals surface area contributed by atoms with Crippen LogP contribution in [0.25, 0.3) is 0 Å². The summed E-state index contributed by atoms with van der Waals surface area (Å²) in [6, 6.07) is 9.95. The molecule has 4 nitrogen and oxygen atoms in total. The second-order valence-electron chi connectivity index (χ2n) is 4.53. The number of nitrogens with one attached hydrogen (secondary N) is 1. The maximum Gasteiger partial charge on any atom is 0.230 e. The van der Waals surface area contributed by atoms with Gasteiger partial charge in [-0.2, -0.15) is 0 Å². The van der Waals surface area contributed by atoms with Crippen molar-refractivity contribution in [2.75, 3.05) is 5.75 Å². The van der Waals surface area contributed by atoms with Crippen molar-refractivity contribution in [2.24, 2.45) is 0 Å². The summed E-state index contributed by atoms with van der Waals surface area (Å²) in [6.45, 7) is 4.50. The fourth-order valence-electron chi connectivity index (χ4n) is 1.58. The van der Waals surface area contributed by atoms with Gasteiger partial charge in [0.15, 0.2) is 5.16 Å². The second kappa shape index (κ2) is 7.05. The number of benzene rings is 1. The topological polar surface area (TPSA) is 54.9 Å². The Kier molecular flexibility index (Phi) is 5.12. The van der Waals surface area contributed by atoms with Crippen LogP contribution in [0.3, 0.4) is 0 Å². The smallest absolute Gasteiger partial charge is 0.230 e. The number of amides is 1. The van der Waals surface area contributed by atoms with Gasteiger partial charge in [-0.15, -0.1) is 0 Å². The van der Waals surface area contributed by atoms with Gasteiger partial charge in [0.25, 0.3) is 0 Å². The van der Waals surface area contributed by atoms with E-state index in [1.165, 1.54) is 17.3 Å². The number of aryl methyl sites for hydroxylation is 2. The fourth-order valence-corrected chi connectivity index (χ4v) is 2.29. The molecule has 1 aromatic heterocycles. The molecule has 0 atom stereocenters. The fraction of sp³-hybridized carbons (Fsp3) is 0.267. The number of nitrogens with zero attached hydrogens (tertiary/aromatic N) is 2. The first kappa shape index (κ1) is 14.5. The lowest BCUT2D eigenvalue weighted by atomic mass is 10.1. The first-order chi connectivity index (χ1) is 9.63. The minimum Gasteiger partial charge on any atom is -0.351 e. The maximum atomic E-state index is 11.8. The molecule has 104 valence electrons. The highest BCUT2D eigenvalue weighted by Gasteiger charge is 2.04. The minimum atomic E-state index is -0.0133. The van der Waals surface area contributed by atoms with E-state index >= 15 is 0 Å². The van der Waals surface area contributed by atoms with Crippen LogP contribution in [0.15, 0.2) is 41.7 Å². The summed E-state index contributed by atoms with van der Waals surface area (Å²) in [4.78, 5) is 20.1. The van der Waals surface area contributed by atoms with Gasteiger partial charge in [0.1, 0.15) is 0 Å². The molecule has 2 aromatic rings. The summed E-state index contributed by atoms with van der Waals surface area (Å²) in [7, 11) is 0. The number of rotatable bonds is 5. The average Bonchev–Trinajstić information content (AvgIpc) is 2.45. The van der Waals surface area contributed by atoms with Crippen LogP contribution in [-0.2, 0) is 11.3 Å². The standard InChI is InChI=1S/C15H17N3OS/c1-11-3-5-13(6-4-11)9-17-14(19)10-20-15-16-8-7-12(2)18-15/h3-8H,9-10H2,1-2H3,(H,17,19). The van der Waals surface area contributed by atoms with E-state index in [0.717, 1.165) is 11.3 Å². The third-order valence-corrected chi connectivity index (χ3v) is 3.58. The van der Waals surface area contributed by atoms with Crippen LogP contribution in [0.4, 0.5) is 0 Å². The van der Waals surface area contributed by atoms with Crippen molar-refractivity contribution in [1.29, 1.82) is 0 Å². The molecule has 0 aliphatic rings. The first-order valence-corrected chi connectivity index (χ1v) is 7.37. The summed E-state index contributed by atoms with van der Waals surface area (Å²) in [5, 5.41) is 3.52. The Bertz CT molecular complexity index is 584. The van der Waals surface area contributed by atoms with E-state index in [-0.39, 0.29) is 5.91 Å². The third kappa shape index (κ3) is 4.66. The number of carbonyl (C=O) groups excluding carboxylic acids is 1. The Balaban J connectivity index is 1.77. The lowest BCUT2D eigenvalue weighted by molar-refractivity contribution is -0.118. The number of carbonyl (C=O) groups is 1. The summed E-state index contributed by atoms with van der Waals surface area (Å²) in [6.07, 6.45) is 1.70. The van der Waals surface area contributed by atoms with Crippen LogP contribution in [-0.4, -0.2) is 21.6 Å². The molecule has 0 aliphatic carbocycles. The van der Waals surface area contributed by atoms with Gasteiger partial charge >= 0.3 is 0 Å². The lowest BCUT2D eigenvalue weighted by Crippen LogP contribution is -2.24. The van der Waals surface area contributed by atoms with E-state index in [0.29, 0.717) is 17.5 Å². The molecular weight excluding hydrogens is 270 g/mol. The second-order valence-corrected chi connectivity index (χ2v) is 5.47. The highest BCUT2D eigenvalue weighted by atomic mass is 32.2. The molecule has 1 aromatic carbocycles. The monoisotopic (exact) mass is 287 g/mol. The normalized spacial score (nSPS) is 10.3. The Hall–Kier alpha value is -1.88. The van der Waals surface area contributed by atoms with Gasteiger partial charge < -0.3 is 5.32 Å². The lowest BCUT2D eigenvalue weighted by Gasteiger charge is -2.05. The number of thioether (sulfide) groups is 1. The van der Waals surface area contributed by atoms with Crippen molar-refractivity contribution in [3.63, 3.8) is 0 Å². The van der Waals surface area contributed by atoms with E-state index < -0.39 is 0 Å². The predicted molar refractivity (Wildman–Crippen MR) is 80.5 cm³/mol. The van der Waals surface area contributed by atoms with E-state index in [4.69, 9.17) is 0 Å². The van der Waals surface area contributed by atoms with Gasteiger partial charge in [0, 0.05) is 18.4 Å². The first-order valence-electron chi connectivity index (χ1n) is 6.38. The molecule has 0 aliphatic heterocycles. The van der Waals surface area contributed by atoms with Gasteiger partial charge in [0.2, 0.25) is 5.91 Å². The molecule has 0 radical (unpaired) electrons. The largest absolute Gasteiger partial charge is 0.351 e. The highest BCUT2D eigenvalue weighted by Crippen LogP contribution is 2.11. The Labute approximate surface area is 123 Å². The highest BCUT2D eigenvalue weighted by molar-refractivity contribution is 7.99. The Morgan fingerprint density at radius 3 is 2.65 bits per heavy atom. The summed E-state index contributed by atoms with van der Waals surface area (Å²) >= 11 is 1.35. The van der Waals surface area contributed by atoms with Gasteiger partial charge in [-0.3, -0.25) is 4.79 Å². The predicted octanol–water partition coefficient (Wildman–Crippen LogP) is 2.50. The quantitative estimate of drug-likeness (QED) is 0.678. The summed E-state index contributed by atoms with van der Waals surface area (Å²) < 4.78 is 0. The third-order valence-electron chi connectivity index (χ3n) is 2.72. The minimum absolute atomic E-state index is 0.0133. The van der Waals surface area contributed by atoms with Crippen LogP contribution in [0, 0.1) is 13.8 Å². The van der Waals surface area contributed by atoms with Crippen LogP contribution >= 0.6 is 11.8 Å². The average molecular weight is 287 g/mol. The van der Waals surface area contributed by atoms with Crippen molar-refractivity contribution < 1.29 is 4.79 Å². The number of aromatic nitrogens is 2. The summed E-state index contributed by atoms with van der Waals surface area (Å²) in [5.41, 5.74) is 3.22. The molecule has 0 unspecified atom stereocenters. The van der Waals surface area contributed by atoms with Crippen LogP contribution in [0.5, 0.6) is 0 Å². The van der Waals surface area contributed by atoms with E-state index in [1.54, 1.807) is 6.20 Å². The molecule has 1 heterocycles. The van der Waals surface area contributed by atoms with E-state index in [2.05, 4.69) is 15.3 Å². The zero-order valence-electron chi connectivity index (χ0n) is 11.6. The molecular formula is C15H17N3OS. The van der Waals surface area contributed by atoms with Crippen LogP contribution in [0.1, 0.15) is 16.8 Å². The molecule has 5 heteroatoms. The molecule has 0 fully saturated rings. The molecule has 0 bridgehead atoms. The zero-order valence-corrected chi connectivity index (χ0v) is 12.4. The number of hydrogen-bond donors (Lipinski definition) is 1. The molecule has 0 saturated carbocycles. The van der Waals surface area contributed by atoms with Gasteiger partial charge in [0.05, 0.1) is 5.75 Å². The van der Waals surface area contributed by atoms with Gasteiger partial charge in [-0.25, -0.2) is 9.97 Å². The van der Waals surface area contributed by atoms with Crippen molar-refractivity contribution in [2.45, 2.75) is 25.5 Å². The molecule has 1 amide bonds. The molecule has 0 saturated heterocycles. The van der Waals surface area contributed by atoms with Crippen molar-refractivity contribution in [3.05, 3.63) is 53.3 Å². The summed E-state index contributed by atoms with van der Waals surface area (Å²) in [5.74, 6) is 0.315. The van der Waals surface area contributed by atoms with Crippen LogP contribution in [0.2, 0.25) is 0 Å². The van der Waals surface area contributed by atoms with Crippen molar-refractivity contribution >= 4 is 17.7 Å². The molecule has 20 heavy (non-hydrogen) atoms. The van der Waals surface area contributed by atoms with Crippen molar-refractivity contribution in [3.8, 4) is 0 Å². The number of hydrogen-bond acceptors (Lipinski definition) is 4. The van der Waals surface area contributed by atoms with Gasteiger partial charge in [-0.05, 0) is 25.5 Å². The molecule has 2 rings (SSSR count). The van der Waals surface area contributed by atoms with E-state index in [1.807, 2.05) is 44.2 Å². The molecule has 0 spiro atoms. The Morgan fingerprint density at radius 1 is 1.20 bits per heavy atom.